The first-order valence-electron chi connectivity index (χ1n) is 8.77. The average Bonchev–Trinajstić information content (AvgIpc) is 2.67. The largest absolute Gasteiger partial charge is 0.493 e. The van der Waals surface area contributed by atoms with E-state index >= 15 is 0 Å². The lowest BCUT2D eigenvalue weighted by Crippen LogP contribution is -2.43. The Hall–Kier alpha value is -2.44. The Balaban J connectivity index is 2.10. The van der Waals surface area contributed by atoms with Gasteiger partial charge in [0.1, 0.15) is 0 Å². The minimum absolute atomic E-state index is 0.0340. The van der Waals surface area contributed by atoms with E-state index in [4.69, 9.17) is 18.9 Å². The molecule has 0 N–H and O–H groups in total. The molecule has 0 radical (unpaired) electrons. The molecule has 0 aromatic heterocycles. The summed E-state index contributed by atoms with van der Waals surface area (Å²) in [7, 11) is 4.61. The predicted molar refractivity (Wildman–Crippen MR) is 95.7 cm³/mol. The van der Waals surface area contributed by atoms with Crippen LogP contribution in [0, 0.1) is 5.92 Å². The number of likely N-dealkylation sites (tertiary alicyclic amines) is 1. The number of hydrogen-bond donors (Lipinski definition) is 0. The molecule has 1 heterocycles. The van der Waals surface area contributed by atoms with E-state index in [1.165, 1.54) is 21.3 Å². The highest BCUT2D eigenvalue weighted by molar-refractivity contribution is 5.81. The number of carbonyl (C=O) groups excluding carboxylic acids is 2. The summed E-state index contributed by atoms with van der Waals surface area (Å²) in [6.45, 7) is 3.20. The van der Waals surface area contributed by atoms with E-state index in [0.29, 0.717) is 36.9 Å². The van der Waals surface area contributed by atoms with Gasteiger partial charge in [0, 0.05) is 13.1 Å². The number of piperidine rings is 1. The summed E-state index contributed by atoms with van der Waals surface area (Å²) in [5.74, 6) is 1.01. The summed E-state index contributed by atoms with van der Waals surface area (Å²) in [6, 6.07) is 3.54. The summed E-state index contributed by atoms with van der Waals surface area (Å²) in [5, 5.41) is 0. The van der Waals surface area contributed by atoms with Crippen molar-refractivity contribution in [3.05, 3.63) is 17.7 Å². The number of amides is 1. The number of carbonyl (C=O) groups is 2. The zero-order valence-electron chi connectivity index (χ0n) is 15.9. The molecule has 1 atom stereocenters. The Kier molecular flexibility index (Phi) is 7.12. The maximum atomic E-state index is 12.7. The zero-order chi connectivity index (χ0) is 19.1. The standard InChI is InChI=1S/C19H27NO6/c1-5-26-19(22)14-7-6-8-20(12-14)17(21)11-13-9-15(23-2)18(25-4)16(10-13)24-3/h9-10,14H,5-8,11-12H2,1-4H3/t14-/m1/s1. The molecule has 1 aliphatic heterocycles. The van der Waals surface area contributed by atoms with Crippen molar-refractivity contribution >= 4 is 11.9 Å². The number of nitrogens with zero attached hydrogens (tertiary/aromatic N) is 1. The van der Waals surface area contributed by atoms with Crippen LogP contribution in [0.3, 0.4) is 0 Å². The molecule has 144 valence electrons. The summed E-state index contributed by atoms with van der Waals surface area (Å²) in [5.41, 5.74) is 0.766. The van der Waals surface area contributed by atoms with Gasteiger partial charge in [-0.25, -0.2) is 0 Å². The summed E-state index contributed by atoms with van der Waals surface area (Å²) in [6.07, 6.45) is 1.75. The fourth-order valence-corrected chi connectivity index (χ4v) is 3.18. The Morgan fingerprint density at radius 3 is 2.31 bits per heavy atom. The molecule has 7 heteroatoms. The van der Waals surface area contributed by atoms with E-state index in [2.05, 4.69) is 0 Å². The van der Waals surface area contributed by atoms with Crippen LogP contribution in [0.15, 0.2) is 12.1 Å². The fraction of sp³-hybridized carbons (Fsp3) is 0.579. The van der Waals surface area contributed by atoms with Crippen LogP contribution in [0.2, 0.25) is 0 Å². The summed E-state index contributed by atoms with van der Waals surface area (Å²) >= 11 is 0. The van der Waals surface area contributed by atoms with Gasteiger partial charge in [0.15, 0.2) is 11.5 Å². The van der Waals surface area contributed by atoms with Crippen LogP contribution in [0.1, 0.15) is 25.3 Å². The quantitative estimate of drug-likeness (QED) is 0.689. The van der Waals surface area contributed by atoms with Crippen LogP contribution < -0.4 is 14.2 Å². The Bertz CT molecular complexity index is 620. The molecule has 2 rings (SSSR count). The van der Waals surface area contributed by atoms with Gasteiger partial charge >= 0.3 is 5.97 Å². The third-order valence-electron chi connectivity index (χ3n) is 4.47. The molecule has 0 aliphatic carbocycles. The zero-order valence-corrected chi connectivity index (χ0v) is 15.9. The van der Waals surface area contributed by atoms with Crippen molar-refractivity contribution in [2.45, 2.75) is 26.2 Å². The first kappa shape index (κ1) is 19.9. The molecule has 1 aliphatic rings. The molecular formula is C19H27NO6. The minimum atomic E-state index is -0.243. The number of ether oxygens (including phenoxy) is 4. The molecule has 7 nitrogen and oxygen atoms in total. The Labute approximate surface area is 154 Å². The minimum Gasteiger partial charge on any atom is -0.493 e. The Morgan fingerprint density at radius 1 is 1.12 bits per heavy atom. The van der Waals surface area contributed by atoms with Crippen molar-refractivity contribution in [1.82, 2.24) is 4.90 Å². The normalized spacial score (nSPS) is 16.8. The second-order valence-electron chi connectivity index (χ2n) is 6.14. The van der Waals surface area contributed by atoms with Gasteiger partial charge in [-0.05, 0) is 37.5 Å². The fourth-order valence-electron chi connectivity index (χ4n) is 3.18. The number of benzene rings is 1. The van der Waals surface area contributed by atoms with E-state index in [1.807, 2.05) is 0 Å². The van der Waals surface area contributed by atoms with Crippen molar-refractivity contribution in [1.29, 1.82) is 0 Å². The van der Waals surface area contributed by atoms with E-state index in [-0.39, 0.29) is 24.2 Å². The molecule has 1 saturated heterocycles. The molecule has 0 unspecified atom stereocenters. The van der Waals surface area contributed by atoms with Crippen LogP contribution in [0.25, 0.3) is 0 Å². The molecule has 1 fully saturated rings. The van der Waals surface area contributed by atoms with Crippen molar-refractivity contribution in [3.63, 3.8) is 0 Å². The second-order valence-corrected chi connectivity index (χ2v) is 6.14. The smallest absolute Gasteiger partial charge is 0.310 e. The van der Waals surface area contributed by atoms with Gasteiger partial charge in [-0.15, -0.1) is 0 Å². The number of rotatable bonds is 7. The second kappa shape index (κ2) is 9.31. The van der Waals surface area contributed by atoms with Crippen LogP contribution in [-0.4, -0.2) is 57.8 Å². The maximum absolute atomic E-state index is 12.7. The molecular weight excluding hydrogens is 338 g/mol. The number of methoxy groups -OCH3 is 3. The summed E-state index contributed by atoms with van der Waals surface area (Å²) in [4.78, 5) is 26.4. The molecule has 26 heavy (non-hydrogen) atoms. The van der Waals surface area contributed by atoms with Crippen LogP contribution >= 0.6 is 0 Å². The van der Waals surface area contributed by atoms with Gasteiger partial charge in [-0.1, -0.05) is 0 Å². The molecule has 0 bridgehead atoms. The molecule has 1 aromatic rings. The first-order chi connectivity index (χ1) is 12.5. The van der Waals surface area contributed by atoms with Gasteiger partial charge in [-0.3, -0.25) is 9.59 Å². The van der Waals surface area contributed by atoms with Gasteiger partial charge < -0.3 is 23.8 Å². The van der Waals surface area contributed by atoms with Gasteiger partial charge in [0.2, 0.25) is 11.7 Å². The van der Waals surface area contributed by atoms with Crippen molar-refractivity contribution in [2.75, 3.05) is 41.0 Å². The third kappa shape index (κ3) is 4.59. The molecule has 1 amide bonds. The van der Waals surface area contributed by atoms with Crippen molar-refractivity contribution in [2.24, 2.45) is 5.92 Å². The number of hydrogen-bond acceptors (Lipinski definition) is 6. The average molecular weight is 365 g/mol. The van der Waals surface area contributed by atoms with E-state index in [1.54, 1.807) is 24.0 Å². The third-order valence-corrected chi connectivity index (χ3v) is 4.47. The maximum Gasteiger partial charge on any atom is 0.310 e. The topological polar surface area (TPSA) is 74.3 Å². The van der Waals surface area contributed by atoms with Crippen LogP contribution in [0.5, 0.6) is 17.2 Å². The highest BCUT2D eigenvalue weighted by Gasteiger charge is 2.29. The lowest BCUT2D eigenvalue weighted by Gasteiger charge is -2.31. The molecule has 0 saturated carbocycles. The SMILES string of the molecule is CCOC(=O)[C@@H]1CCCN(C(=O)Cc2cc(OC)c(OC)c(OC)c2)C1. The van der Waals surface area contributed by atoms with E-state index < -0.39 is 0 Å². The number of esters is 1. The lowest BCUT2D eigenvalue weighted by molar-refractivity contribution is -0.151. The van der Waals surface area contributed by atoms with Crippen molar-refractivity contribution in [3.8, 4) is 17.2 Å². The molecule has 1 aromatic carbocycles. The van der Waals surface area contributed by atoms with Crippen LogP contribution in [0.4, 0.5) is 0 Å². The van der Waals surface area contributed by atoms with E-state index in [9.17, 15) is 9.59 Å². The first-order valence-corrected chi connectivity index (χ1v) is 8.77. The van der Waals surface area contributed by atoms with E-state index in [0.717, 1.165) is 18.4 Å². The highest BCUT2D eigenvalue weighted by atomic mass is 16.5. The van der Waals surface area contributed by atoms with Gasteiger partial charge in [0.25, 0.3) is 0 Å². The predicted octanol–water partition coefficient (Wildman–Crippen LogP) is 2.06. The monoisotopic (exact) mass is 365 g/mol. The van der Waals surface area contributed by atoms with Gasteiger partial charge in [-0.2, -0.15) is 0 Å². The van der Waals surface area contributed by atoms with Gasteiger partial charge in [0.05, 0.1) is 40.3 Å². The molecule has 0 spiro atoms. The van der Waals surface area contributed by atoms with Crippen LogP contribution in [-0.2, 0) is 20.7 Å². The lowest BCUT2D eigenvalue weighted by atomic mass is 9.97. The Morgan fingerprint density at radius 2 is 1.77 bits per heavy atom. The summed E-state index contributed by atoms with van der Waals surface area (Å²) < 4.78 is 21.1. The van der Waals surface area contributed by atoms with Crippen molar-refractivity contribution < 1.29 is 28.5 Å². The highest BCUT2D eigenvalue weighted by Crippen LogP contribution is 2.38.